The molecule has 0 spiro atoms. The minimum absolute atomic E-state index is 0.0228. The van der Waals surface area contributed by atoms with Gasteiger partial charge in [0.2, 0.25) is 0 Å². The van der Waals surface area contributed by atoms with Crippen LogP contribution in [-0.4, -0.2) is 56.7 Å². The highest BCUT2D eigenvalue weighted by Crippen LogP contribution is 2.21. The summed E-state index contributed by atoms with van der Waals surface area (Å²) in [4.78, 5) is 31.5. The number of hydrogen-bond acceptors (Lipinski definition) is 6. The van der Waals surface area contributed by atoms with Gasteiger partial charge in [0.05, 0.1) is 28.1 Å². The van der Waals surface area contributed by atoms with Gasteiger partial charge in [-0.25, -0.2) is 9.67 Å². The first-order valence-corrected chi connectivity index (χ1v) is 9.85. The van der Waals surface area contributed by atoms with Crippen LogP contribution in [-0.2, 0) is 6.42 Å². The molecule has 0 atom stereocenters. The average molecular weight is 406 g/mol. The molecule has 0 unspecified atom stereocenters. The number of aromatic nitrogens is 3. The molecule has 0 radical (unpaired) electrons. The summed E-state index contributed by atoms with van der Waals surface area (Å²) in [5, 5.41) is 15.2. The second-order valence-corrected chi connectivity index (χ2v) is 7.02. The quantitative estimate of drug-likeness (QED) is 0.477. The number of nitrogens with zero attached hydrogens (tertiary/aromatic N) is 6. The number of rotatable bonds is 5. The summed E-state index contributed by atoms with van der Waals surface area (Å²) >= 11 is 0. The minimum Gasteiger partial charge on any atom is -0.353 e. The standard InChI is InChI=1S/C21H22N6O3/c1-2-19-18(15-23-26(19)16-6-4-3-5-7-16)21(28)25-12-10-24(11-13-25)20-9-8-17(14-22-20)27(29)30/h3-9,14-15H,2,10-13H2,1H3. The number of benzene rings is 1. The van der Waals surface area contributed by atoms with E-state index in [0.717, 1.165) is 11.4 Å². The van der Waals surface area contributed by atoms with Gasteiger partial charge in [0.1, 0.15) is 12.0 Å². The van der Waals surface area contributed by atoms with Crippen molar-refractivity contribution in [1.29, 1.82) is 0 Å². The van der Waals surface area contributed by atoms with Gasteiger partial charge in [-0.2, -0.15) is 5.10 Å². The smallest absolute Gasteiger partial charge is 0.287 e. The number of carbonyl (C=O) groups is 1. The van der Waals surface area contributed by atoms with E-state index in [4.69, 9.17) is 0 Å². The Morgan fingerprint density at radius 2 is 1.80 bits per heavy atom. The number of anilines is 1. The average Bonchev–Trinajstić information content (AvgIpc) is 3.23. The van der Waals surface area contributed by atoms with Crippen LogP contribution in [0, 0.1) is 10.1 Å². The minimum atomic E-state index is -0.464. The third kappa shape index (κ3) is 3.73. The van der Waals surface area contributed by atoms with E-state index in [1.54, 1.807) is 12.3 Å². The van der Waals surface area contributed by atoms with Gasteiger partial charge in [-0.3, -0.25) is 14.9 Å². The number of hydrogen-bond donors (Lipinski definition) is 0. The molecule has 2 aromatic heterocycles. The molecule has 3 heterocycles. The van der Waals surface area contributed by atoms with Gasteiger partial charge in [0, 0.05) is 32.2 Å². The van der Waals surface area contributed by atoms with E-state index >= 15 is 0 Å². The van der Waals surface area contributed by atoms with Crippen molar-refractivity contribution in [2.45, 2.75) is 13.3 Å². The first-order chi connectivity index (χ1) is 14.6. The van der Waals surface area contributed by atoms with Gasteiger partial charge in [-0.1, -0.05) is 25.1 Å². The van der Waals surface area contributed by atoms with Crippen molar-refractivity contribution < 1.29 is 9.72 Å². The Morgan fingerprint density at radius 1 is 1.07 bits per heavy atom. The molecular formula is C21H22N6O3. The first-order valence-electron chi connectivity index (χ1n) is 9.85. The van der Waals surface area contributed by atoms with Crippen LogP contribution in [0.1, 0.15) is 23.0 Å². The van der Waals surface area contributed by atoms with E-state index in [2.05, 4.69) is 10.1 Å². The SMILES string of the molecule is CCc1c(C(=O)N2CCN(c3ccc([N+](=O)[O-])cn3)CC2)cnn1-c1ccccc1. The van der Waals surface area contributed by atoms with Crippen molar-refractivity contribution in [3.05, 3.63) is 76.2 Å². The number of piperazine rings is 1. The Hall–Kier alpha value is -3.75. The zero-order chi connectivity index (χ0) is 21.1. The molecule has 1 aromatic carbocycles. The predicted octanol–water partition coefficient (Wildman–Crippen LogP) is 2.70. The van der Waals surface area contributed by atoms with E-state index in [0.29, 0.717) is 44.0 Å². The molecular weight excluding hydrogens is 384 g/mol. The maximum Gasteiger partial charge on any atom is 0.287 e. The third-order valence-electron chi connectivity index (χ3n) is 5.27. The monoisotopic (exact) mass is 406 g/mol. The van der Waals surface area contributed by atoms with Crippen molar-refractivity contribution in [3.63, 3.8) is 0 Å². The van der Waals surface area contributed by atoms with Crippen molar-refractivity contribution in [2.24, 2.45) is 0 Å². The van der Waals surface area contributed by atoms with Crippen LogP contribution in [0.5, 0.6) is 0 Å². The fraction of sp³-hybridized carbons (Fsp3) is 0.286. The van der Waals surface area contributed by atoms with Crippen LogP contribution < -0.4 is 4.90 Å². The molecule has 154 valence electrons. The van der Waals surface area contributed by atoms with Crippen LogP contribution >= 0.6 is 0 Å². The maximum absolute atomic E-state index is 13.2. The van der Waals surface area contributed by atoms with E-state index in [9.17, 15) is 14.9 Å². The molecule has 9 heteroatoms. The van der Waals surface area contributed by atoms with Crippen LogP contribution in [0.15, 0.2) is 54.9 Å². The Labute approximate surface area is 173 Å². The number of amides is 1. The predicted molar refractivity (Wildman–Crippen MR) is 112 cm³/mol. The maximum atomic E-state index is 13.2. The third-order valence-corrected chi connectivity index (χ3v) is 5.27. The van der Waals surface area contributed by atoms with Crippen LogP contribution in [0.25, 0.3) is 5.69 Å². The summed E-state index contributed by atoms with van der Waals surface area (Å²) in [5.74, 6) is 0.657. The van der Waals surface area contributed by atoms with Gasteiger partial charge in [-0.15, -0.1) is 0 Å². The summed E-state index contributed by atoms with van der Waals surface area (Å²) in [7, 11) is 0. The summed E-state index contributed by atoms with van der Waals surface area (Å²) in [5.41, 5.74) is 2.42. The Morgan fingerprint density at radius 3 is 2.40 bits per heavy atom. The van der Waals surface area contributed by atoms with E-state index < -0.39 is 4.92 Å². The molecule has 4 rings (SSSR count). The molecule has 0 saturated carbocycles. The Kier molecular flexibility index (Phi) is 5.42. The molecule has 1 aliphatic rings. The molecule has 1 amide bonds. The molecule has 9 nitrogen and oxygen atoms in total. The van der Waals surface area contributed by atoms with Crippen LogP contribution in [0.3, 0.4) is 0 Å². The molecule has 1 fully saturated rings. The highest BCUT2D eigenvalue weighted by atomic mass is 16.6. The summed E-state index contributed by atoms with van der Waals surface area (Å²) in [6.07, 6.45) is 3.61. The molecule has 1 saturated heterocycles. The molecule has 3 aromatic rings. The normalized spacial score (nSPS) is 14.0. The zero-order valence-electron chi connectivity index (χ0n) is 16.6. The molecule has 0 bridgehead atoms. The summed E-state index contributed by atoms with van der Waals surface area (Å²) in [6.45, 7) is 4.36. The number of carbonyl (C=O) groups excluding carboxylic acids is 1. The fourth-order valence-electron chi connectivity index (χ4n) is 3.67. The largest absolute Gasteiger partial charge is 0.353 e. The molecule has 0 N–H and O–H groups in total. The lowest BCUT2D eigenvalue weighted by molar-refractivity contribution is -0.385. The van der Waals surface area contributed by atoms with Crippen molar-refractivity contribution in [1.82, 2.24) is 19.7 Å². The van der Waals surface area contributed by atoms with E-state index in [-0.39, 0.29) is 11.6 Å². The van der Waals surface area contributed by atoms with Crippen molar-refractivity contribution in [3.8, 4) is 5.69 Å². The highest BCUT2D eigenvalue weighted by molar-refractivity contribution is 5.95. The topological polar surface area (TPSA) is 97.4 Å². The molecule has 30 heavy (non-hydrogen) atoms. The van der Waals surface area contributed by atoms with Gasteiger partial charge in [0.15, 0.2) is 0 Å². The number of pyridine rings is 1. The second kappa shape index (κ2) is 8.32. The molecule has 0 aliphatic carbocycles. The highest BCUT2D eigenvalue weighted by Gasteiger charge is 2.26. The Bertz CT molecular complexity index is 1040. The van der Waals surface area contributed by atoms with Gasteiger partial charge >= 0.3 is 0 Å². The summed E-state index contributed by atoms with van der Waals surface area (Å²) in [6, 6.07) is 12.9. The first kappa shape index (κ1) is 19.6. The lowest BCUT2D eigenvalue weighted by Gasteiger charge is -2.35. The van der Waals surface area contributed by atoms with Crippen molar-refractivity contribution >= 4 is 17.4 Å². The van der Waals surface area contributed by atoms with Crippen LogP contribution in [0.2, 0.25) is 0 Å². The van der Waals surface area contributed by atoms with Gasteiger partial charge in [0.25, 0.3) is 11.6 Å². The number of para-hydroxylation sites is 1. The zero-order valence-corrected chi connectivity index (χ0v) is 16.6. The van der Waals surface area contributed by atoms with Gasteiger partial charge < -0.3 is 9.80 Å². The lowest BCUT2D eigenvalue weighted by atomic mass is 10.1. The second-order valence-electron chi connectivity index (χ2n) is 7.02. The van der Waals surface area contributed by atoms with Gasteiger partial charge in [-0.05, 0) is 24.6 Å². The Balaban J connectivity index is 1.46. The van der Waals surface area contributed by atoms with Crippen LogP contribution in [0.4, 0.5) is 11.5 Å². The molecule has 1 aliphatic heterocycles. The van der Waals surface area contributed by atoms with E-state index in [1.165, 1.54) is 12.3 Å². The van der Waals surface area contributed by atoms with E-state index in [1.807, 2.05) is 51.7 Å². The number of nitro groups is 1. The fourth-order valence-corrected chi connectivity index (χ4v) is 3.67. The van der Waals surface area contributed by atoms with Crippen molar-refractivity contribution in [2.75, 3.05) is 31.1 Å². The lowest BCUT2D eigenvalue weighted by Crippen LogP contribution is -2.49. The summed E-state index contributed by atoms with van der Waals surface area (Å²) < 4.78 is 1.82.